The van der Waals surface area contributed by atoms with Gasteiger partial charge in [0.25, 0.3) is 0 Å². The van der Waals surface area contributed by atoms with Gasteiger partial charge in [0.2, 0.25) is 0 Å². The Bertz CT molecular complexity index is 531. The molecule has 1 heterocycles. The van der Waals surface area contributed by atoms with Crippen molar-refractivity contribution in [1.29, 1.82) is 0 Å². The van der Waals surface area contributed by atoms with E-state index in [9.17, 15) is 4.79 Å². The van der Waals surface area contributed by atoms with Crippen molar-refractivity contribution < 1.29 is 9.90 Å². The quantitative estimate of drug-likeness (QED) is 0.811. The van der Waals surface area contributed by atoms with Crippen LogP contribution in [0.1, 0.15) is 18.8 Å². The third-order valence-electron chi connectivity index (χ3n) is 2.38. The van der Waals surface area contributed by atoms with Crippen molar-refractivity contribution in [2.24, 2.45) is 5.73 Å². The second-order valence-corrected chi connectivity index (χ2v) is 3.73. The normalized spacial score (nSPS) is 12.9. The summed E-state index contributed by atoms with van der Waals surface area (Å²) in [7, 11) is 0. The van der Waals surface area contributed by atoms with E-state index in [0.29, 0.717) is 5.82 Å². The third-order valence-corrected chi connectivity index (χ3v) is 2.38. The van der Waals surface area contributed by atoms with Crippen LogP contribution in [0.25, 0.3) is 11.0 Å². The number of hydrogen-bond donors (Lipinski definition) is 2. The molecule has 0 spiro atoms. The van der Waals surface area contributed by atoms with Crippen LogP contribution in [0.3, 0.4) is 0 Å². The van der Waals surface area contributed by atoms with Gasteiger partial charge in [0.1, 0.15) is 12.4 Å². The summed E-state index contributed by atoms with van der Waals surface area (Å²) in [5.74, 6) is -0.298. The molecule has 0 aliphatic heterocycles. The molecule has 0 bridgehead atoms. The Hall–Kier alpha value is -1.88. The highest BCUT2D eigenvalue weighted by Crippen LogP contribution is 2.19. The molecule has 5 nitrogen and oxygen atoms in total. The van der Waals surface area contributed by atoms with E-state index in [1.165, 1.54) is 0 Å². The van der Waals surface area contributed by atoms with E-state index < -0.39 is 5.97 Å². The zero-order valence-electron chi connectivity index (χ0n) is 8.92. The van der Waals surface area contributed by atoms with Crippen molar-refractivity contribution in [2.45, 2.75) is 19.5 Å². The second kappa shape index (κ2) is 3.94. The maximum absolute atomic E-state index is 10.8. The molecule has 16 heavy (non-hydrogen) atoms. The number of benzene rings is 1. The number of rotatable bonds is 3. The maximum Gasteiger partial charge on any atom is 0.323 e. The number of aliphatic carboxylic acids is 1. The third kappa shape index (κ3) is 1.77. The minimum Gasteiger partial charge on any atom is -0.480 e. The molecule has 3 N–H and O–H groups in total. The fourth-order valence-corrected chi connectivity index (χ4v) is 1.74. The van der Waals surface area contributed by atoms with Crippen LogP contribution in [0.2, 0.25) is 0 Å². The average Bonchev–Trinajstić information content (AvgIpc) is 2.57. The highest BCUT2D eigenvalue weighted by atomic mass is 16.4. The highest BCUT2D eigenvalue weighted by Gasteiger charge is 2.15. The summed E-state index contributed by atoms with van der Waals surface area (Å²) in [4.78, 5) is 15.1. The molecule has 1 atom stereocenters. The molecule has 0 radical (unpaired) electrons. The van der Waals surface area contributed by atoms with Gasteiger partial charge in [-0.3, -0.25) is 4.79 Å². The molecule has 84 valence electrons. The van der Waals surface area contributed by atoms with Gasteiger partial charge in [-0.15, -0.1) is 0 Å². The van der Waals surface area contributed by atoms with Gasteiger partial charge in [-0.1, -0.05) is 12.1 Å². The molecule has 2 aromatic rings. The second-order valence-electron chi connectivity index (χ2n) is 3.73. The van der Waals surface area contributed by atoms with Gasteiger partial charge in [0.15, 0.2) is 0 Å². The van der Waals surface area contributed by atoms with Crippen molar-refractivity contribution in [3.63, 3.8) is 0 Å². The molecule has 0 saturated heterocycles. The van der Waals surface area contributed by atoms with Crippen molar-refractivity contribution in [3.05, 3.63) is 30.1 Å². The Morgan fingerprint density at radius 1 is 1.56 bits per heavy atom. The summed E-state index contributed by atoms with van der Waals surface area (Å²) in [6.45, 7) is 1.68. The monoisotopic (exact) mass is 219 g/mol. The SMILES string of the molecule is CC(N)c1nc2ccccc2n1CC(=O)O. The number of nitrogens with zero attached hydrogens (tertiary/aromatic N) is 2. The van der Waals surface area contributed by atoms with E-state index >= 15 is 0 Å². The lowest BCUT2D eigenvalue weighted by Crippen LogP contribution is -2.17. The lowest BCUT2D eigenvalue weighted by atomic mass is 10.3. The summed E-state index contributed by atoms with van der Waals surface area (Å²) in [5, 5.41) is 8.86. The number of carboxylic acid groups (broad SMARTS) is 1. The van der Waals surface area contributed by atoms with Crippen LogP contribution in [-0.2, 0) is 11.3 Å². The predicted molar refractivity (Wildman–Crippen MR) is 60.0 cm³/mol. The van der Waals surface area contributed by atoms with Gasteiger partial charge in [-0.2, -0.15) is 0 Å². The molecule has 0 saturated carbocycles. The number of fused-ring (bicyclic) bond motifs is 1. The largest absolute Gasteiger partial charge is 0.480 e. The minimum absolute atomic E-state index is 0.114. The van der Waals surface area contributed by atoms with E-state index in [2.05, 4.69) is 4.98 Å². The number of imidazole rings is 1. The zero-order valence-corrected chi connectivity index (χ0v) is 8.92. The van der Waals surface area contributed by atoms with Gasteiger partial charge in [-0.05, 0) is 19.1 Å². The first-order valence-corrected chi connectivity index (χ1v) is 5.02. The zero-order chi connectivity index (χ0) is 11.7. The van der Waals surface area contributed by atoms with E-state index in [0.717, 1.165) is 11.0 Å². The van der Waals surface area contributed by atoms with E-state index in [1.54, 1.807) is 11.5 Å². The first-order valence-electron chi connectivity index (χ1n) is 5.02. The number of carbonyl (C=O) groups is 1. The molecular weight excluding hydrogens is 206 g/mol. The summed E-state index contributed by atoms with van der Waals surface area (Å²) in [6.07, 6.45) is 0. The van der Waals surface area contributed by atoms with Crippen LogP contribution in [-0.4, -0.2) is 20.6 Å². The molecule has 0 amide bonds. The van der Waals surface area contributed by atoms with Crippen LogP contribution < -0.4 is 5.73 Å². The Balaban J connectivity index is 2.64. The maximum atomic E-state index is 10.8. The van der Waals surface area contributed by atoms with Gasteiger partial charge in [0.05, 0.1) is 17.1 Å². The number of nitrogens with two attached hydrogens (primary N) is 1. The number of carboxylic acids is 1. The Morgan fingerprint density at radius 2 is 2.25 bits per heavy atom. The van der Waals surface area contributed by atoms with Crippen LogP contribution >= 0.6 is 0 Å². The van der Waals surface area contributed by atoms with Gasteiger partial charge in [-0.25, -0.2) is 4.98 Å². The van der Waals surface area contributed by atoms with Gasteiger partial charge < -0.3 is 15.4 Å². The van der Waals surface area contributed by atoms with Crippen LogP contribution in [0.5, 0.6) is 0 Å². The molecule has 0 aliphatic carbocycles. The number of aromatic nitrogens is 2. The number of hydrogen-bond acceptors (Lipinski definition) is 3. The molecular formula is C11H13N3O2. The van der Waals surface area contributed by atoms with Gasteiger partial charge >= 0.3 is 5.97 Å². The molecule has 5 heteroatoms. The van der Waals surface area contributed by atoms with Crippen molar-refractivity contribution in [1.82, 2.24) is 9.55 Å². The lowest BCUT2D eigenvalue weighted by molar-refractivity contribution is -0.137. The summed E-state index contributed by atoms with van der Waals surface area (Å²) in [5.41, 5.74) is 7.35. The molecule has 1 unspecified atom stereocenters. The summed E-state index contributed by atoms with van der Waals surface area (Å²) >= 11 is 0. The Labute approximate surface area is 92.5 Å². The topological polar surface area (TPSA) is 81.1 Å². The first kappa shape index (κ1) is 10.6. The average molecular weight is 219 g/mol. The van der Waals surface area contributed by atoms with Crippen LogP contribution in [0, 0.1) is 0 Å². The van der Waals surface area contributed by atoms with Crippen LogP contribution in [0.4, 0.5) is 0 Å². The summed E-state index contributed by atoms with van der Waals surface area (Å²) < 4.78 is 1.64. The van der Waals surface area contributed by atoms with E-state index in [1.807, 2.05) is 24.3 Å². The standard InChI is InChI=1S/C11H13N3O2/c1-7(12)11-13-8-4-2-3-5-9(8)14(11)6-10(15)16/h2-5,7H,6,12H2,1H3,(H,15,16). The van der Waals surface area contributed by atoms with E-state index in [-0.39, 0.29) is 12.6 Å². The fraction of sp³-hybridized carbons (Fsp3) is 0.273. The Morgan fingerprint density at radius 3 is 2.88 bits per heavy atom. The van der Waals surface area contributed by atoms with Crippen LogP contribution in [0.15, 0.2) is 24.3 Å². The lowest BCUT2D eigenvalue weighted by Gasteiger charge is -2.08. The molecule has 2 rings (SSSR count). The summed E-state index contributed by atoms with van der Waals surface area (Å²) in [6, 6.07) is 7.13. The first-order chi connectivity index (χ1) is 7.59. The minimum atomic E-state index is -0.898. The molecule has 1 aromatic heterocycles. The predicted octanol–water partition coefficient (Wildman–Crippen LogP) is 1.14. The van der Waals surface area contributed by atoms with Crippen molar-refractivity contribution in [3.8, 4) is 0 Å². The van der Waals surface area contributed by atoms with E-state index in [4.69, 9.17) is 10.8 Å². The molecule has 0 fully saturated rings. The fourth-order valence-electron chi connectivity index (χ4n) is 1.74. The van der Waals surface area contributed by atoms with Crippen molar-refractivity contribution in [2.75, 3.05) is 0 Å². The smallest absolute Gasteiger partial charge is 0.323 e. The highest BCUT2D eigenvalue weighted by molar-refractivity contribution is 5.78. The Kier molecular flexibility index (Phi) is 2.62. The molecule has 1 aromatic carbocycles. The number of para-hydroxylation sites is 2. The molecule has 0 aliphatic rings. The van der Waals surface area contributed by atoms with Crippen molar-refractivity contribution >= 4 is 17.0 Å². The van der Waals surface area contributed by atoms with Gasteiger partial charge in [0, 0.05) is 0 Å².